The summed E-state index contributed by atoms with van der Waals surface area (Å²) in [5.74, 6) is 1.12. The van der Waals surface area contributed by atoms with Gasteiger partial charge < -0.3 is 9.30 Å². The van der Waals surface area contributed by atoms with E-state index < -0.39 is 16.1 Å². The summed E-state index contributed by atoms with van der Waals surface area (Å²) in [5.41, 5.74) is 1.56. The lowest BCUT2D eigenvalue weighted by Crippen LogP contribution is -2.29. The molecule has 1 atom stereocenters. The quantitative estimate of drug-likeness (QED) is 0.863. The Morgan fingerprint density at radius 2 is 1.83 bits per heavy atom. The molecule has 1 aromatic carbocycles. The van der Waals surface area contributed by atoms with Crippen molar-refractivity contribution in [3.8, 4) is 5.75 Å². The fourth-order valence-corrected chi connectivity index (χ4v) is 4.07. The second-order valence-electron chi connectivity index (χ2n) is 6.12. The number of ether oxygens (including phenoxy) is 1. The fourth-order valence-electron chi connectivity index (χ4n) is 2.63. The Hall–Kier alpha value is -1.93. The second-order valence-corrected chi connectivity index (χ2v) is 7.80. The Morgan fingerprint density at radius 3 is 2.42 bits per heavy atom. The molecular formula is C16H24N4O3S. The standard InChI is InChI=1S/C16H24N4O3S/c1-10(2)20-9-17-18-16(20)13(5)19-24(21,22)15-8-14(23-6)11(3)7-12(15)4/h7-10,13,19H,1-6H3. The van der Waals surface area contributed by atoms with E-state index in [-0.39, 0.29) is 10.9 Å². The first kappa shape index (κ1) is 18.4. The Balaban J connectivity index is 2.36. The normalized spacial score (nSPS) is 13.3. The van der Waals surface area contributed by atoms with Crippen LogP contribution in [0.4, 0.5) is 0 Å². The average molecular weight is 352 g/mol. The third kappa shape index (κ3) is 3.59. The van der Waals surface area contributed by atoms with E-state index in [1.165, 1.54) is 7.11 Å². The summed E-state index contributed by atoms with van der Waals surface area (Å²) in [7, 11) is -2.20. The minimum atomic E-state index is -3.72. The summed E-state index contributed by atoms with van der Waals surface area (Å²) in [6.07, 6.45) is 1.60. The first-order valence-corrected chi connectivity index (χ1v) is 9.22. The van der Waals surface area contributed by atoms with Crippen LogP contribution in [0.1, 0.15) is 49.8 Å². The predicted octanol–water partition coefficient (Wildman–Crippen LogP) is 2.52. The first-order chi connectivity index (χ1) is 11.2. The zero-order valence-electron chi connectivity index (χ0n) is 14.9. The van der Waals surface area contributed by atoms with Gasteiger partial charge in [0.2, 0.25) is 10.0 Å². The molecule has 24 heavy (non-hydrogen) atoms. The van der Waals surface area contributed by atoms with Crippen molar-refractivity contribution in [3.05, 3.63) is 35.4 Å². The van der Waals surface area contributed by atoms with Crippen molar-refractivity contribution in [2.75, 3.05) is 7.11 Å². The third-order valence-electron chi connectivity index (χ3n) is 3.86. The van der Waals surface area contributed by atoms with Gasteiger partial charge in [-0.25, -0.2) is 13.1 Å². The molecule has 0 saturated heterocycles. The van der Waals surface area contributed by atoms with E-state index in [1.54, 1.807) is 32.3 Å². The van der Waals surface area contributed by atoms with Crippen LogP contribution in [-0.2, 0) is 10.0 Å². The number of rotatable bonds is 6. The molecule has 0 amide bonds. The molecule has 1 N–H and O–H groups in total. The zero-order chi connectivity index (χ0) is 18.1. The molecule has 1 aromatic heterocycles. The summed E-state index contributed by atoms with van der Waals surface area (Å²) < 4.78 is 35.4. The maximum atomic E-state index is 12.8. The Bertz CT molecular complexity index is 828. The van der Waals surface area contributed by atoms with Crippen LogP contribution >= 0.6 is 0 Å². The molecule has 8 heteroatoms. The number of nitrogens with zero attached hydrogens (tertiary/aromatic N) is 3. The van der Waals surface area contributed by atoms with Crippen molar-refractivity contribution in [2.24, 2.45) is 0 Å². The molecule has 132 valence electrons. The maximum Gasteiger partial charge on any atom is 0.241 e. The van der Waals surface area contributed by atoms with Crippen LogP contribution in [0.25, 0.3) is 0 Å². The highest BCUT2D eigenvalue weighted by atomic mass is 32.2. The number of hydrogen-bond donors (Lipinski definition) is 1. The number of hydrogen-bond acceptors (Lipinski definition) is 5. The average Bonchev–Trinajstić information content (AvgIpc) is 2.96. The molecule has 0 aliphatic rings. The van der Waals surface area contributed by atoms with Gasteiger partial charge >= 0.3 is 0 Å². The summed E-state index contributed by atoms with van der Waals surface area (Å²) >= 11 is 0. The lowest BCUT2D eigenvalue weighted by Gasteiger charge is -2.18. The molecule has 1 heterocycles. The fraction of sp³-hybridized carbons (Fsp3) is 0.500. The smallest absolute Gasteiger partial charge is 0.241 e. The Labute approximate surface area is 143 Å². The van der Waals surface area contributed by atoms with Crippen molar-refractivity contribution >= 4 is 10.0 Å². The van der Waals surface area contributed by atoms with Crippen LogP contribution in [0, 0.1) is 13.8 Å². The molecule has 7 nitrogen and oxygen atoms in total. The molecule has 2 rings (SSSR count). The van der Waals surface area contributed by atoms with Crippen LogP contribution in [0.3, 0.4) is 0 Å². The van der Waals surface area contributed by atoms with Gasteiger partial charge in [-0.3, -0.25) is 0 Å². The van der Waals surface area contributed by atoms with Crippen LogP contribution in [0.5, 0.6) is 5.75 Å². The SMILES string of the molecule is COc1cc(S(=O)(=O)NC(C)c2nncn2C(C)C)c(C)cc1C. The monoisotopic (exact) mass is 352 g/mol. The van der Waals surface area contributed by atoms with E-state index in [0.29, 0.717) is 17.1 Å². The summed E-state index contributed by atoms with van der Waals surface area (Å²) in [5, 5.41) is 7.93. The molecule has 1 unspecified atom stereocenters. The van der Waals surface area contributed by atoms with Crippen molar-refractivity contribution in [3.63, 3.8) is 0 Å². The zero-order valence-corrected chi connectivity index (χ0v) is 15.7. The minimum absolute atomic E-state index is 0.142. The van der Waals surface area contributed by atoms with E-state index in [0.717, 1.165) is 5.56 Å². The van der Waals surface area contributed by atoms with E-state index >= 15 is 0 Å². The van der Waals surface area contributed by atoms with Crippen molar-refractivity contribution < 1.29 is 13.2 Å². The molecule has 0 radical (unpaired) electrons. The molecule has 0 aliphatic heterocycles. The van der Waals surface area contributed by atoms with Crippen LogP contribution < -0.4 is 9.46 Å². The minimum Gasteiger partial charge on any atom is -0.496 e. The lowest BCUT2D eigenvalue weighted by molar-refractivity contribution is 0.410. The van der Waals surface area contributed by atoms with Crippen LogP contribution in [-0.4, -0.2) is 30.3 Å². The largest absolute Gasteiger partial charge is 0.496 e. The van der Waals surface area contributed by atoms with E-state index in [2.05, 4.69) is 14.9 Å². The van der Waals surface area contributed by atoms with Gasteiger partial charge in [0.05, 0.1) is 18.0 Å². The van der Waals surface area contributed by atoms with Gasteiger partial charge in [-0.1, -0.05) is 6.07 Å². The maximum absolute atomic E-state index is 12.8. The number of sulfonamides is 1. The lowest BCUT2D eigenvalue weighted by atomic mass is 10.1. The van der Waals surface area contributed by atoms with Crippen molar-refractivity contribution in [1.29, 1.82) is 0 Å². The van der Waals surface area contributed by atoms with E-state index in [4.69, 9.17) is 4.74 Å². The highest BCUT2D eigenvalue weighted by molar-refractivity contribution is 7.89. The first-order valence-electron chi connectivity index (χ1n) is 7.74. The Kier molecular flexibility index (Phi) is 5.29. The Morgan fingerprint density at radius 1 is 1.17 bits per heavy atom. The van der Waals surface area contributed by atoms with Gasteiger partial charge in [0.15, 0.2) is 5.82 Å². The van der Waals surface area contributed by atoms with Crippen LogP contribution in [0.2, 0.25) is 0 Å². The molecular weight excluding hydrogens is 328 g/mol. The molecule has 0 aliphatic carbocycles. The molecule has 0 fully saturated rings. The number of benzene rings is 1. The van der Waals surface area contributed by atoms with E-state index in [1.807, 2.05) is 25.3 Å². The van der Waals surface area contributed by atoms with Gasteiger partial charge in [-0.15, -0.1) is 10.2 Å². The predicted molar refractivity (Wildman–Crippen MR) is 91.6 cm³/mol. The second kappa shape index (κ2) is 6.90. The van der Waals surface area contributed by atoms with Crippen LogP contribution in [0.15, 0.2) is 23.4 Å². The van der Waals surface area contributed by atoms with Crippen molar-refractivity contribution in [1.82, 2.24) is 19.5 Å². The molecule has 0 saturated carbocycles. The van der Waals surface area contributed by atoms with Gasteiger partial charge in [0.25, 0.3) is 0 Å². The summed E-state index contributed by atoms with van der Waals surface area (Å²) in [6, 6.07) is 2.98. The summed E-state index contributed by atoms with van der Waals surface area (Å²) in [4.78, 5) is 0.201. The van der Waals surface area contributed by atoms with Gasteiger partial charge in [0, 0.05) is 12.1 Å². The highest BCUT2D eigenvalue weighted by Crippen LogP contribution is 2.27. The number of aromatic nitrogens is 3. The molecule has 2 aromatic rings. The topological polar surface area (TPSA) is 86.1 Å². The van der Waals surface area contributed by atoms with Crippen molar-refractivity contribution in [2.45, 2.75) is 51.6 Å². The number of methoxy groups -OCH3 is 1. The van der Waals surface area contributed by atoms with Gasteiger partial charge in [-0.2, -0.15) is 0 Å². The van der Waals surface area contributed by atoms with Gasteiger partial charge in [0.1, 0.15) is 12.1 Å². The molecule has 0 bridgehead atoms. The highest BCUT2D eigenvalue weighted by Gasteiger charge is 2.24. The third-order valence-corrected chi connectivity index (χ3v) is 5.54. The number of aryl methyl sites for hydroxylation is 2. The van der Waals surface area contributed by atoms with E-state index in [9.17, 15) is 8.42 Å². The summed E-state index contributed by atoms with van der Waals surface area (Å²) in [6.45, 7) is 9.37. The molecule has 0 spiro atoms. The number of nitrogens with one attached hydrogen (secondary N) is 1. The van der Waals surface area contributed by atoms with Gasteiger partial charge in [-0.05, 0) is 45.7 Å².